The molecule has 0 aliphatic heterocycles. The number of nitrogens with one attached hydrogen (secondary N) is 2. The minimum atomic E-state index is -4.37. The minimum absolute atomic E-state index is 0.267. The zero-order valence-electron chi connectivity index (χ0n) is 12.3. The summed E-state index contributed by atoms with van der Waals surface area (Å²) in [6.45, 7) is 0.989. The predicted molar refractivity (Wildman–Crippen MR) is 81.5 cm³/mol. The third kappa shape index (κ3) is 4.46. The SMILES string of the molecule is COCCNc1ncnc(Nc2ccc(C(F)(F)F)cc2)c1N. The fraction of sp³-hybridized carbons (Fsp3) is 0.286. The highest BCUT2D eigenvalue weighted by Crippen LogP contribution is 2.31. The average molecular weight is 327 g/mol. The second kappa shape index (κ2) is 7.14. The normalized spacial score (nSPS) is 11.3. The standard InChI is InChI=1S/C14H16F3N5O/c1-23-7-6-19-12-11(18)13(21-8-20-12)22-10-4-2-9(3-5-10)14(15,16)17/h2-5,8H,6-7,18H2,1H3,(H2,19,20,21,22). The monoisotopic (exact) mass is 327 g/mol. The summed E-state index contributed by atoms with van der Waals surface area (Å²) in [6, 6.07) is 4.58. The fourth-order valence-electron chi connectivity index (χ4n) is 1.79. The fourth-order valence-corrected chi connectivity index (χ4v) is 1.79. The molecule has 0 spiro atoms. The van der Waals surface area contributed by atoms with Gasteiger partial charge in [-0.3, -0.25) is 0 Å². The zero-order chi connectivity index (χ0) is 16.9. The van der Waals surface area contributed by atoms with Gasteiger partial charge in [0.1, 0.15) is 12.0 Å². The van der Waals surface area contributed by atoms with Crippen molar-refractivity contribution in [2.75, 3.05) is 36.6 Å². The maximum Gasteiger partial charge on any atom is 0.416 e. The summed E-state index contributed by atoms with van der Waals surface area (Å²) < 4.78 is 42.5. The smallest absolute Gasteiger partial charge is 0.393 e. The lowest BCUT2D eigenvalue weighted by atomic mass is 10.2. The first-order valence-electron chi connectivity index (χ1n) is 6.69. The first kappa shape index (κ1) is 16.8. The van der Waals surface area contributed by atoms with Crippen molar-refractivity contribution in [1.82, 2.24) is 9.97 Å². The lowest BCUT2D eigenvalue weighted by Gasteiger charge is -2.13. The van der Waals surface area contributed by atoms with Gasteiger partial charge in [-0.25, -0.2) is 9.97 Å². The average Bonchev–Trinajstić information content (AvgIpc) is 2.51. The first-order valence-corrected chi connectivity index (χ1v) is 6.69. The molecule has 124 valence electrons. The molecule has 0 aliphatic carbocycles. The van der Waals surface area contributed by atoms with E-state index in [-0.39, 0.29) is 5.69 Å². The molecule has 0 aliphatic rings. The van der Waals surface area contributed by atoms with Gasteiger partial charge in [0.05, 0.1) is 12.2 Å². The maximum absolute atomic E-state index is 12.5. The molecule has 0 unspecified atom stereocenters. The van der Waals surface area contributed by atoms with Gasteiger partial charge in [-0.1, -0.05) is 0 Å². The minimum Gasteiger partial charge on any atom is -0.393 e. The highest BCUT2D eigenvalue weighted by atomic mass is 19.4. The number of alkyl halides is 3. The number of hydrogen-bond acceptors (Lipinski definition) is 6. The summed E-state index contributed by atoms with van der Waals surface area (Å²) in [6.07, 6.45) is -3.07. The topological polar surface area (TPSA) is 85.1 Å². The molecule has 1 aromatic carbocycles. The van der Waals surface area contributed by atoms with Gasteiger partial charge < -0.3 is 21.1 Å². The number of aromatic nitrogens is 2. The van der Waals surface area contributed by atoms with Crippen molar-refractivity contribution in [1.29, 1.82) is 0 Å². The van der Waals surface area contributed by atoms with Gasteiger partial charge in [0.15, 0.2) is 11.6 Å². The summed E-state index contributed by atoms with van der Waals surface area (Å²) in [4.78, 5) is 8.00. The molecule has 9 heteroatoms. The molecule has 0 radical (unpaired) electrons. The number of benzene rings is 1. The molecular formula is C14H16F3N5O. The molecule has 0 saturated carbocycles. The second-order valence-electron chi connectivity index (χ2n) is 4.60. The number of ether oxygens (including phenoxy) is 1. The molecule has 0 amide bonds. The molecule has 2 aromatic rings. The Bertz CT molecular complexity index is 646. The zero-order valence-corrected chi connectivity index (χ0v) is 12.3. The Morgan fingerprint density at radius 1 is 1.13 bits per heavy atom. The largest absolute Gasteiger partial charge is 0.416 e. The molecule has 4 N–H and O–H groups in total. The van der Waals surface area contributed by atoms with E-state index >= 15 is 0 Å². The quantitative estimate of drug-likeness (QED) is 0.708. The van der Waals surface area contributed by atoms with E-state index in [2.05, 4.69) is 20.6 Å². The number of methoxy groups -OCH3 is 1. The Hall–Kier alpha value is -2.55. The van der Waals surface area contributed by atoms with Gasteiger partial charge in [0.25, 0.3) is 0 Å². The highest BCUT2D eigenvalue weighted by molar-refractivity contribution is 5.77. The Morgan fingerprint density at radius 2 is 1.78 bits per heavy atom. The summed E-state index contributed by atoms with van der Waals surface area (Å²) in [5, 5.41) is 5.85. The van der Waals surface area contributed by atoms with Gasteiger partial charge in [0.2, 0.25) is 0 Å². The predicted octanol–water partition coefficient (Wildman–Crippen LogP) is 2.88. The summed E-state index contributed by atoms with van der Waals surface area (Å²) in [5.74, 6) is 0.728. The van der Waals surface area contributed by atoms with Crippen LogP contribution in [0.2, 0.25) is 0 Å². The van der Waals surface area contributed by atoms with Crippen LogP contribution in [0, 0.1) is 0 Å². The van der Waals surface area contributed by atoms with Crippen molar-refractivity contribution in [3.63, 3.8) is 0 Å². The molecule has 1 aromatic heterocycles. The van der Waals surface area contributed by atoms with Crippen molar-refractivity contribution >= 4 is 23.0 Å². The van der Waals surface area contributed by atoms with Gasteiger partial charge in [-0.2, -0.15) is 13.2 Å². The van der Waals surface area contributed by atoms with Gasteiger partial charge in [-0.15, -0.1) is 0 Å². The Balaban J connectivity index is 2.12. The molecular weight excluding hydrogens is 311 g/mol. The molecule has 0 bridgehead atoms. The van der Waals surface area contributed by atoms with Crippen LogP contribution >= 0.6 is 0 Å². The van der Waals surface area contributed by atoms with Crippen molar-refractivity contribution in [2.24, 2.45) is 0 Å². The van der Waals surface area contributed by atoms with Crippen LogP contribution in [0.4, 0.5) is 36.2 Å². The molecule has 6 nitrogen and oxygen atoms in total. The van der Waals surface area contributed by atoms with Crippen LogP contribution in [-0.4, -0.2) is 30.2 Å². The lowest BCUT2D eigenvalue weighted by Crippen LogP contribution is -2.12. The Labute approximate surface area is 130 Å². The van der Waals surface area contributed by atoms with E-state index in [1.54, 1.807) is 7.11 Å². The van der Waals surface area contributed by atoms with E-state index in [9.17, 15) is 13.2 Å². The van der Waals surface area contributed by atoms with E-state index in [1.807, 2.05) is 0 Å². The number of nitrogen functional groups attached to an aromatic ring is 1. The van der Waals surface area contributed by atoms with Crippen LogP contribution in [-0.2, 0) is 10.9 Å². The van der Waals surface area contributed by atoms with Gasteiger partial charge >= 0.3 is 6.18 Å². The third-order valence-electron chi connectivity index (χ3n) is 2.96. The van der Waals surface area contributed by atoms with Crippen LogP contribution in [0.5, 0.6) is 0 Å². The summed E-state index contributed by atoms with van der Waals surface area (Å²) in [7, 11) is 1.57. The number of nitrogens with zero attached hydrogens (tertiary/aromatic N) is 2. The van der Waals surface area contributed by atoms with E-state index in [1.165, 1.54) is 18.5 Å². The summed E-state index contributed by atoms with van der Waals surface area (Å²) >= 11 is 0. The maximum atomic E-state index is 12.5. The van der Waals surface area contributed by atoms with Gasteiger partial charge in [-0.05, 0) is 24.3 Å². The first-order chi connectivity index (χ1) is 10.9. The second-order valence-corrected chi connectivity index (χ2v) is 4.60. The number of anilines is 4. The number of rotatable bonds is 6. The van der Waals surface area contributed by atoms with Crippen LogP contribution in [0.3, 0.4) is 0 Å². The van der Waals surface area contributed by atoms with Crippen LogP contribution < -0.4 is 16.4 Å². The highest BCUT2D eigenvalue weighted by Gasteiger charge is 2.29. The van der Waals surface area contributed by atoms with Crippen molar-refractivity contribution in [2.45, 2.75) is 6.18 Å². The number of halogens is 3. The molecule has 0 atom stereocenters. The molecule has 23 heavy (non-hydrogen) atoms. The molecule has 2 rings (SSSR count). The Kier molecular flexibility index (Phi) is 5.22. The summed E-state index contributed by atoms with van der Waals surface area (Å²) in [5.41, 5.74) is 5.92. The van der Waals surface area contributed by atoms with Crippen LogP contribution in [0.1, 0.15) is 5.56 Å². The van der Waals surface area contributed by atoms with Gasteiger partial charge in [0, 0.05) is 19.3 Å². The molecule has 0 saturated heterocycles. The van der Waals surface area contributed by atoms with Crippen LogP contribution in [0.15, 0.2) is 30.6 Å². The lowest BCUT2D eigenvalue weighted by molar-refractivity contribution is -0.137. The van der Waals surface area contributed by atoms with E-state index in [0.29, 0.717) is 30.5 Å². The molecule has 0 fully saturated rings. The molecule has 1 heterocycles. The third-order valence-corrected chi connectivity index (χ3v) is 2.96. The Morgan fingerprint density at radius 3 is 2.39 bits per heavy atom. The van der Waals surface area contributed by atoms with Crippen molar-refractivity contribution in [3.8, 4) is 0 Å². The van der Waals surface area contributed by atoms with E-state index < -0.39 is 11.7 Å². The van der Waals surface area contributed by atoms with Crippen LogP contribution in [0.25, 0.3) is 0 Å². The van der Waals surface area contributed by atoms with Crippen molar-refractivity contribution < 1.29 is 17.9 Å². The van der Waals surface area contributed by atoms with Crippen molar-refractivity contribution in [3.05, 3.63) is 36.2 Å². The number of hydrogen-bond donors (Lipinski definition) is 3. The van der Waals surface area contributed by atoms with E-state index in [0.717, 1.165) is 12.1 Å². The number of nitrogens with two attached hydrogens (primary N) is 1. The van der Waals surface area contributed by atoms with E-state index in [4.69, 9.17) is 10.5 Å².